The second kappa shape index (κ2) is 11.1. The van der Waals surface area contributed by atoms with E-state index in [4.69, 9.17) is 9.15 Å². The maximum atomic E-state index is 5.69. The van der Waals surface area contributed by atoms with E-state index in [1.165, 1.54) is 0 Å². The van der Waals surface area contributed by atoms with Crippen LogP contribution in [-0.2, 0) is 13.1 Å². The van der Waals surface area contributed by atoms with Gasteiger partial charge >= 0.3 is 0 Å². The highest BCUT2D eigenvalue weighted by atomic mass is 127. The van der Waals surface area contributed by atoms with Gasteiger partial charge in [-0.05, 0) is 37.5 Å². The van der Waals surface area contributed by atoms with Crippen LogP contribution in [0, 0.1) is 19.8 Å². The summed E-state index contributed by atoms with van der Waals surface area (Å²) in [6.45, 7) is 10.0. The van der Waals surface area contributed by atoms with Crippen molar-refractivity contribution in [2.75, 3.05) is 13.7 Å². The molecule has 0 aliphatic heterocycles. The summed E-state index contributed by atoms with van der Waals surface area (Å²) in [5, 5.41) is 6.47. The molecule has 144 valence electrons. The van der Waals surface area contributed by atoms with E-state index in [9.17, 15) is 0 Å². The SMILES string of the molecule is CN=C(NCc1ccc(OCC(C)C)cc1)NCc1nc(C)c(C)o1.I. The fourth-order valence-electron chi connectivity index (χ4n) is 2.15. The Hall–Kier alpha value is -1.77. The van der Waals surface area contributed by atoms with Crippen molar-refractivity contribution in [2.24, 2.45) is 10.9 Å². The van der Waals surface area contributed by atoms with Gasteiger partial charge in [0.2, 0.25) is 5.89 Å². The van der Waals surface area contributed by atoms with E-state index in [-0.39, 0.29) is 24.0 Å². The summed E-state index contributed by atoms with van der Waals surface area (Å²) in [4.78, 5) is 8.56. The van der Waals surface area contributed by atoms with Crippen molar-refractivity contribution in [1.29, 1.82) is 0 Å². The smallest absolute Gasteiger partial charge is 0.214 e. The number of halogens is 1. The summed E-state index contributed by atoms with van der Waals surface area (Å²) in [6.07, 6.45) is 0. The highest BCUT2D eigenvalue weighted by molar-refractivity contribution is 14.0. The highest BCUT2D eigenvalue weighted by Crippen LogP contribution is 2.13. The monoisotopic (exact) mass is 472 g/mol. The van der Waals surface area contributed by atoms with Crippen LogP contribution in [0.25, 0.3) is 0 Å². The lowest BCUT2D eigenvalue weighted by Gasteiger charge is -2.12. The molecule has 0 bridgehead atoms. The van der Waals surface area contributed by atoms with Crippen molar-refractivity contribution in [3.8, 4) is 5.75 Å². The Morgan fingerprint density at radius 1 is 1.15 bits per heavy atom. The van der Waals surface area contributed by atoms with Crippen molar-refractivity contribution in [1.82, 2.24) is 15.6 Å². The van der Waals surface area contributed by atoms with Crippen LogP contribution >= 0.6 is 24.0 Å². The van der Waals surface area contributed by atoms with Crippen LogP contribution in [-0.4, -0.2) is 24.6 Å². The van der Waals surface area contributed by atoms with Crippen molar-refractivity contribution in [2.45, 2.75) is 40.8 Å². The number of aryl methyl sites for hydroxylation is 2. The molecule has 6 nitrogen and oxygen atoms in total. The van der Waals surface area contributed by atoms with E-state index >= 15 is 0 Å². The lowest BCUT2D eigenvalue weighted by molar-refractivity contribution is 0.271. The number of hydrogen-bond acceptors (Lipinski definition) is 4. The minimum absolute atomic E-state index is 0. The number of nitrogens with zero attached hydrogens (tertiary/aromatic N) is 2. The van der Waals surface area contributed by atoms with Crippen molar-refractivity contribution >= 4 is 29.9 Å². The second-order valence-electron chi connectivity index (χ2n) is 6.38. The van der Waals surface area contributed by atoms with Gasteiger partial charge in [0.05, 0.1) is 18.8 Å². The Labute approximate surface area is 172 Å². The van der Waals surface area contributed by atoms with Gasteiger partial charge in [0.15, 0.2) is 5.96 Å². The number of benzene rings is 1. The minimum Gasteiger partial charge on any atom is -0.493 e. The molecular formula is C19H29IN4O2. The normalized spacial score (nSPS) is 11.2. The van der Waals surface area contributed by atoms with Crippen LogP contribution in [0.15, 0.2) is 33.7 Å². The molecular weight excluding hydrogens is 443 g/mol. The third-order valence-corrected chi connectivity index (χ3v) is 3.67. The average Bonchev–Trinajstić information content (AvgIpc) is 2.92. The largest absolute Gasteiger partial charge is 0.493 e. The van der Waals surface area contributed by atoms with Gasteiger partial charge in [0.1, 0.15) is 11.5 Å². The molecule has 0 aliphatic rings. The van der Waals surface area contributed by atoms with Gasteiger partial charge in [0, 0.05) is 13.6 Å². The van der Waals surface area contributed by atoms with Crippen LogP contribution in [0.3, 0.4) is 0 Å². The summed E-state index contributed by atoms with van der Waals surface area (Å²) in [5.74, 6) is 3.62. The van der Waals surface area contributed by atoms with Crippen LogP contribution in [0.4, 0.5) is 0 Å². The molecule has 0 atom stereocenters. The van der Waals surface area contributed by atoms with Crippen LogP contribution < -0.4 is 15.4 Å². The molecule has 0 fully saturated rings. The molecule has 1 aromatic heterocycles. The zero-order valence-electron chi connectivity index (χ0n) is 16.1. The van der Waals surface area contributed by atoms with Gasteiger partial charge in [-0.1, -0.05) is 26.0 Å². The number of guanidine groups is 1. The molecule has 2 aromatic rings. The Bertz CT molecular complexity index is 677. The topological polar surface area (TPSA) is 71.7 Å². The third kappa shape index (κ3) is 7.23. The molecule has 7 heteroatoms. The van der Waals surface area contributed by atoms with Gasteiger partial charge in [0.25, 0.3) is 0 Å². The number of hydrogen-bond donors (Lipinski definition) is 2. The average molecular weight is 472 g/mol. The van der Waals surface area contributed by atoms with E-state index < -0.39 is 0 Å². The summed E-state index contributed by atoms with van der Waals surface area (Å²) in [5.41, 5.74) is 2.07. The Balaban J connectivity index is 0.00000338. The Morgan fingerprint density at radius 2 is 1.81 bits per heavy atom. The first-order valence-electron chi connectivity index (χ1n) is 8.57. The maximum absolute atomic E-state index is 5.69. The molecule has 0 unspecified atom stereocenters. The van der Waals surface area contributed by atoms with Crippen molar-refractivity contribution in [3.63, 3.8) is 0 Å². The molecule has 2 N–H and O–H groups in total. The number of aromatic nitrogens is 1. The maximum Gasteiger partial charge on any atom is 0.214 e. The highest BCUT2D eigenvalue weighted by Gasteiger charge is 2.06. The number of oxazole rings is 1. The number of ether oxygens (including phenoxy) is 1. The molecule has 0 radical (unpaired) electrons. The van der Waals surface area contributed by atoms with Crippen LogP contribution in [0.5, 0.6) is 5.75 Å². The van der Waals surface area contributed by atoms with E-state index in [0.29, 0.717) is 30.9 Å². The number of aliphatic imine (C=N–C) groups is 1. The summed E-state index contributed by atoms with van der Waals surface area (Å²) < 4.78 is 11.2. The number of rotatable bonds is 7. The minimum atomic E-state index is 0. The predicted octanol–water partition coefficient (Wildman–Crippen LogP) is 3.81. The Morgan fingerprint density at radius 3 is 2.35 bits per heavy atom. The molecule has 26 heavy (non-hydrogen) atoms. The quantitative estimate of drug-likeness (QED) is 0.365. The standard InChI is InChI=1S/C19H28N4O2.HI/c1-13(2)12-24-17-8-6-16(7-9-17)10-21-19(20-5)22-11-18-23-14(3)15(4)25-18;/h6-9,13H,10-12H2,1-5H3,(H2,20,21,22);1H. The van der Waals surface area contributed by atoms with Crippen molar-refractivity contribution < 1.29 is 9.15 Å². The fraction of sp³-hybridized carbons (Fsp3) is 0.474. The van der Waals surface area contributed by atoms with Gasteiger partial charge in [-0.15, -0.1) is 24.0 Å². The van der Waals surface area contributed by atoms with Gasteiger partial charge < -0.3 is 19.8 Å². The van der Waals surface area contributed by atoms with Gasteiger partial charge in [-0.3, -0.25) is 4.99 Å². The first-order chi connectivity index (χ1) is 12.0. The van der Waals surface area contributed by atoms with E-state index in [1.54, 1.807) is 7.05 Å². The lowest BCUT2D eigenvalue weighted by atomic mass is 10.2. The third-order valence-electron chi connectivity index (χ3n) is 3.67. The molecule has 2 rings (SSSR count). The predicted molar refractivity (Wildman–Crippen MR) is 115 cm³/mol. The zero-order chi connectivity index (χ0) is 18.2. The molecule has 0 amide bonds. The van der Waals surface area contributed by atoms with Gasteiger partial charge in [-0.2, -0.15) is 0 Å². The molecule has 0 aliphatic carbocycles. The second-order valence-corrected chi connectivity index (χ2v) is 6.38. The first-order valence-corrected chi connectivity index (χ1v) is 8.57. The lowest BCUT2D eigenvalue weighted by Crippen LogP contribution is -2.36. The van der Waals surface area contributed by atoms with E-state index in [2.05, 4.69) is 46.6 Å². The zero-order valence-corrected chi connectivity index (χ0v) is 18.5. The number of nitrogens with one attached hydrogen (secondary N) is 2. The molecule has 0 saturated carbocycles. The van der Waals surface area contributed by atoms with Gasteiger partial charge in [-0.25, -0.2) is 4.98 Å². The summed E-state index contributed by atoms with van der Waals surface area (Å²) in [6, 6.07) is 8.09. The summed E-state index contributed by atoms with van der Waals surface area (Å²) >= 11 is 0. The van der Waals surface area contributed by atoms with Crippen LogP contribution in [0.1, 0.15) is 36.8 Å². The molecule has 1 heterocycles. The van der Waals surface area contributed by atoms with Crippen molar-refractivity contribution in [3.05, 3.63) is 47.2 Å². The van der Waals surface area contributed by atoms with Crippen LogP contribution in [0.2, 0.25) is 0 Å². The molecule has 1 aromatic carbocycles. The van der Waals surface area contributed by atoms with E-state index in [1.807, 2.05) is 26.0 Å². The van der Waals surface area contributed by atoms with E-state index in [0.717, 1.165) is 29.4 Å². The molecule has 0 saturated heterocycles. The molecule has 0 spiro atoms. The fourth-order valence-corrected chi connectivity index (χ4v) is 2.15. The Kier molecular flexibility index (Phi) is 9.47. The first kappa shape index (κ1) is 22.3. The summed E-state index contributed by atoms with van der Waals surface area (Å²) in [7, 11) is 1.74.